The number of piperidine rings is 1. The second-order valence-electron chi connectivity index (χ2n) is 7.15. The lowest BCUT2D eigenvalue weighted by Crippen LogP contribution is -2.50. The smallest absolute Gasteiger partial charge is 0.243 e. The van der Waals surface area contributed by atoms with Gasteiger partial charge in [0.2, 0.25) is 15.9 Å². The minimum Gasteiger partial charge on any atom is -0.373 e. The van der Waals surface area contributed by atoms with Crippen LogP contribution in [0.25, 0.3) is 0 Å². The van der Waals surface area contributed by atoms with Crippen LogP contribution in [-0.2, 0) is 21.2 Å². The van der Waals surface area contributed by atoms with Gasteiger partial charge in [-0.2, -0.15) is 0 Å². The molecule has 1 atom stereocenters. The first-order valence-electron chi connectivity index (χ1n) is 9.24. The van der Waals surface area contributed by atoms with Crippen LogP contribution in [0.3, 0.4) is 0 Å². The van der Waals surface area contributed by atoms with Gasteiger partial charge in [-0.3, -0.25) is 4.79 Å². The van der Waals surface area contributed by atoms with Gasteiger partial charge in [0, 0.05) is 31.2 Å². The Balaban J connectivity index is 1.50. The van der Waals surface area contributed by atoms with Crippen LogP contribution >= 0.6 is 0 Å². The summed E-state index contributed by atoms with van der Waals surface area (Å²) in [5, 5.41) is 6.41. The lowest BCUT2D eigenvalue weighted by molar-refractivity contribution is -0.122. The Kier molecular flexibility index (Phi) is 5.84. The number of nitrogens with zero attached hydrogens (tertiary/aromatic N) is 1. The number of carbonyl (C=O) groups excluding carboxylic acids is 1. The summed E-state index contributed by atoms with van der Waals surface area (Å²) in [6, 6.07) is 5.87. The fourth-order valence-corrected chi connectivity index (χ4v) is 5.24. The van der Waals surface area contributed by atoms with E-state index < -0.39 is 10.0 Å². The molecule has 1 amide bonds. The van der Waals surface area contributed by atoms with Crippen molar-refractivity contribution in [1.82, 2.24) is 9.62 Å². The van der Waals surface area contributed by atoms with E-state index in [0.29, 0.717) is 45.3 Å². The summed E-state index contributed by atoms with van der Waals surface area (Å²) in [5.74, 6) is 0.0921. The van der Waals surface area contributed by atoms with Gasteiger partial charge in [0.1, 0.15) is 6.04 Å². The van der Waals surface area contributed by atoms with E-state index in [1.807, 2.05) is 25.1 Å². The molecule has 144 valence electrons. The predicted molar refractivity (Wildman–Crippen MR) is 102 cm³/mol. The molecule has 7 nitrogen and oxygen atoms in total. The number of benzene rings is 1. The Hall–Kier alpha value is -1.64. The zero-order valence-electron chi connectivity index (χ0n) is 15.2. The normalized spacial score (nSPS) is 21.2. The van der Waals surface area contributed by atoms with Crippen molar-refractivity contribution in [1.29, 1.82) is 0 Å². The fraction of sp³-hybridized carbons (Fsp3) is 0.611. The van der Waals surface area contributed by atoms with Crippen LogP contribution in [0.2, 0.25) is 0 Å². The van der Waals surface area contributed by atoms with Crippen molar-refractivity contribution >= 4 is 21.6 Å². The molecular formula is C18H28N4O3S. The lowest BCUT2D eigenvalue weighted by Gasteiger charge is -2.32. The summed E-state index contributed by atoms with van der Waals surface area (Å²) in [7, 11) is -3.23. The summed E-state index contributed by atoms with van der Waals surface area (Å²) in [4.78, 5) is 12.6. The average Bonchev–Trinajstić information content (AvgIpc) is 3.06. The van der Waals surface area contributed by atoms with Crippen LogP contribution in [-0.4, -0.2) is 56.1 Å². The second-order valence-corrected chi connectivity index (χ2v) is 9.24. The Labute approximate surface area is 155 Å². The first-order valence-corrected chi connectivity index (χ1v) is 10.8. The number of aryl methyl sites for hydroxylation is 1. The number of rotatable bonds is 6. The van der Waals surface area contributed by atoms with E-state index >= 15 is 0 Å². The maximum Gasteiger partial charge on any atom is 0.243 e. The maximum absolute atomic E-state index is 12.6. The number of hydrogen-bond acceptors (Lipinski definition) is 5. The molecule has 0 spiro atoms. The third-order valence-electron chi connectivity index (χ3n) is 5.22. The van der Waals surface area contributed by atoms with Crippen molar-refractivity contribution in [2.24, 2.45) is 5.73 Å². The first kappa shape index (κ1) is 19.1. The van der Waals surface area contributed by atoms with E-state index in [2.05, 4.69) is 10.6 Å². The summed E-state index contributed by atoms with van der Waals surface area (Å²) in [6.07, 6.45) is 2.46. The number of nitrogens with two attached hydrogens (primary N) is 1. The number of fused-ring (bicyclic) bond motifs is 1. The number of carbonyl (C=O) groups is 1. The van der Waals surface area contributed by atoms with Crippen LogP contribution in [0.1, 0.15) is 30.4 Å². The molecule has 1 aromatic carbocycles. The summed E-state index contributed by atoms with van der Waals surface area (Å²) >= 11 is 0. The van der Waals surface area contributed by atoms with Gasteiger partial charge < -0.3 is 16.4 Å². The van der Waals surface area contributed by atoms with Crippen molar-refractivity contribution in [3.8, 4) is 0 Å². The van der Waals surface area contributed by atoms with Crippen molar-refractivity contribution < 1.29 is 13.2 Å². The number of amides is 1. The predicted octanol–water partition coefficient (Wildman–Crippen LogP) is 0.591. The average molecular weight is 381 g/mol. The molecular weight excluding hydrogens is 352 g/mol. The van der Waals surface area contributed by atoms with Crippen LogP contribution in [0, 0.1) is 6.92 Å². The van der Waals surface area contributed by atoms with Gasteiger partial charge in [0.05, 0.1) is 5.75 Å². The highest BCUT2D eigenvalue weighted by Gasteiger charge is 2.32. The van der Waals surface area contributed by atoms with Gasteiger partial charge >= 0.3 is 0 Å². The number of sulfonamides is 1. The zero-order chi connectivity index (χ0) is 18.7. The molecule has 1 aromatic rings. The molecule has 8 heteroatoms. The highest BCUT2D eigenvalue weighted by Crippen LogP contribution is 2.29. The van der Waals surface area contributed by atoms with Gasteiger partial charge in [-0.1, -0.05) is 18.2 Å². The number of hydrogen-bond donors (Lipinski definition) is 3. The number of para-hydroxylation sites is 1. The Bertz CT molecular complexity index is 758. The Morgan fingerprint density at radius 2 is 2.08 bits per heavy atom. The number of anilines is 1. The van der Waals surface area contributed by atoms with Gasteiger partial charge in [-0.15, -0.1) is 0 Å². The molecule has 1 saturated heterocycles. The summed E-state index contributed by atoms with van der Waals surface area (Å²) in [6.45, 7) is 3.32. The molecule has 1 fully saturated rings. The summed E-state index contributed by atoms with van der Waals surface area (Å²) < 4.78 is 26.0. The SMILES string of the molecule is Cc1cccc2c1NC(C(=O)NC1CCN(S(=O)(=O)CCCN)CC1)C2. The lowest BCUT2D eigenvalue weighted by atomic mass is 10.0. The quantitative estimate of drug-likeness (QED) is 0.670. The minimum atomic E-state index is -3.23. The monoisotopic (exact) mass is 380 g/mol. The van der Waals surface area contributed by atoms with Gasteiger partial charge in [0.15, 0.2) is 0 Å². The van der Waals surface area contributed by atoms with E-state index in [0.717, 1.165) is 11.3 Å². The Morgan fingerprint density at radius 1 is 1.35 bits per heavy atom. The molecule has 0 bridgehead atoms. The van der Waals surface area contributed by atoms with Crippen LogP contribution in [0.5, 0.6) is 0 Å². The van der Waals surface area contributed by atoms with E-state index in [1.165, 1.54) is 9.87 Å². The zero-order valence-corrected chi connectivity index (χ0v) is 16.0. The minimum absolute atomic E-state index is 0.00922. The molecule has 2 aliphatic heterocycles. The highest BCUT2D eigenvalue weighted by atomic mass is 32.2. The molecule has 2 heterocycles. The second kappa shape index (κ2) is 7.94. The standard InChI is InChI=1S/C18H28N4O3S/c1-13-4-2-5-14-12-16(21-17(13)14)18(23)20-15-6-9-22(10-7-15)26(24,25)11-3-8-19/h2,4-5,15-16,21H,3,6-12,19H2,1H3,(H,20,23). The van der Waals surface area contributed by atoms with Gasteiger partial charge in [0.25, 0.3) is 0 Å². The van der Waals surface area contributed by atoms with Crippen LogP contribution in [0.4, 0.5) is 5.69 Å². The largest absolute Gasteiger partial charge is 0.373 e. The van der Waals surface area contributed by atoms with Crippen molar-refractivity contribution in [3.63, 3.8) is 0 Å². The summed E-state index contributed by atoms with van der Waals surface area (Å²) in [5.41, 5.74) is 8.79. The molecule has 1 unspecified atom stereocenters. The third kappa shape index (κ3) is 4.19. The first-order chi connectivity index (χ1) is 12.4. The van der Waals surface area contributed by atoms with Gasteiger partial charge in [-0.05, 0) is 43.9 Å². The molecule has 0 radical (unpaired) electrons. The third-order valence-corrected chi connectivity index (χ3v) is 7.17. The maximum atomic E-state index is 12.6. The number of nitrogens with one attached hydrogen (secondary N) is 2. The van der Waals surface area contributed by atoms with E-state index in [-0.39, 0.29) is 23.7 Å². The van der Waals surface area contributed by atoms with Crippen molar-refractivity contribution in [2.45, 2.75) is 44.7 Å². The van der Waals surface area contributed by atoms with Gasteiger partial charge in [-0.25, -0.2) is 12.7 Å². The highest BCUT2D eigenvalue weighted by molar-refractivity contribution is 7.89. The topological polar surface area (TPSA) is 105 Å². The van der Waals surface area contributed by atoms with Crippen molar-refractivity contribution in [2.75, 3.05) is 30.7 Å². The van der Waals surface area contributed by atoms with Crippen LogP contribution < -0.4 is 16.4 Å². The molecule has 2 aliphatic rings. The van der Waals surface area contributed by atoms with Crippen molar-refractivity contribution in [3.05, 3.63) is 29.3 Å². The molecule has 0 aromatic heterocycles. The van der Waals surface area contributed by atoms with E-state index in [9.17, 15) is 13.2 Å². The van der Waals surface area contributed by atoms with E-state index in [1.54, 1.807) is 0 Å². The van der Waals surface area contributed by atoms with E-state index in [4.69, 9.17) is 5.73 Å². The molecule has 0 aliphatic carbocycles. The fourth-order valence-electron chi connectivity index (χ4n) is 3.68. The molecule has 4 N–H and O–H groups in total. The molecule has 3 rings (SSSR count). The van der Waals surface area contributed by atoms with Crippen LogP contribution in [0.15, 0.2) is 18.2 Å². The molecule has 26 heavy (non-hydrogen) atoms. The Morgan fingerprint density at radius 3 is 2.73 bits per heavy atom. The molecule has 0 saturated carbocycles.